The van der Waals surface area contributed by atoms with Gasteiger partial charge in [0.15, 0.2) is 0 Å². The van der Waals surface area contributed by atoms with E-state index in [0.717, 1.165) is 16.9 Å². The number of benzene rings is 5. The second-order valence-corrected chi connectivity index (χ2v) is 10.9. The van der Waals surface area contributed by atoms with Crippen LogP contribution >= 0.6 is 0 Å². The molecule has 0 N–H and O–H groups in total. The maximum absolute atomic E-state index is 4.83. The standard InChI is InChI=1S/C38H30N2/c1-38(2,30-14-8-4-9-15-30)31-22-23-39-35(26-31)29-19-21-37-34(25-29)33-24-28(27-12-6-3-7-13-27)18-20-36(33)40(37)32-16-10-5-11-17-32/h3-26H,1-2H3. The molecule has 0 aliphatic rings. The Hall–Kier alpha value is -4.95. The Labute approximate surface area is 235 Å². The van der Waals surface area contributed by atoms with Gasteiger partial charge in [0.05, 0.1) is 16.7 Å². The van der Waals surface area contributed by atoms with Gasteiger partial charge in [0.2, 0.25) is 0 Å². The molecule has 2 heteroatoms. The van der Waals surface area contributed by atoms with Gasteiger partial charge in [-0.15, -0.1) is 0 Å². The van der Waals surface area contributed by atoms with Crippen molar-refractivity contribution in [1.29, 1.82) is 0 Å². The van der Waals surface area contributed by atoms with E-state index in [1.807, 2.05) is 6.20 Å². The Morgan fingerprint density at radius 1 is 0.500 bits per heavy atom. The van der Waals surface area contributed by atoms with Crippen molar-refractivity contribution in [2.75, 3.05) is 0 Å². The second kappa shape index (κ2) is 9.66. The van der Waals surface area contributed by atoms with Crippen LogP contribution in [0, 0.1) is 0 Å². The molecule has 0 aliphatic carbocycles. The molecule has 0 spiro atoms. The molecular weight excluding hydrogens is 484 g/mol. The van der Waals surface area contributed by atoms with Gasteiger partial charge in [-0.3, -0.25) is 4.98 Å². The molecule has 2 aromatic heterocycles. The first-order valence-electron chi connectivity index (χ1n) is 13.8. The van der Waals surface area contributed by atoms with E-state index in [0.29, 0.717) is 0 Å². The van der Waals surface area contributed by atoms with Gasteiger partial charge in [0, 0.05) is 33.6 Å². The van der Waals surface area contributed by atoms with Crippen LogP contribution in [0.25, 0.3) is 49.9 Å². The second-order valence-electron chi connectivity index (χ2n) is 10.9. The molecule has 2 nitrogen and oxygen atoms in total. The van der Waals surface area contributed by atoms with Gasteiger partial charge in [0.25, 0.3) is 0 Å². The predicted molar refractivity (Wildman–Crippen MR) is 168 cm³/mol. The lowest BCUT2D eigenvalue weighted by atomic mass is 9.78. The molecule has 2 heterocycles. The van der Waals surface area contributed by atoms with Gasteiger partial charge in [0.1, 0.15) is 0 Å². The van der Waals surface area contributed by atoms with Crippen LogP contribution in [-0.4, -0.2) is 9.55 Å². The molecule has 0 radical (unpaired) electrons. The first-order valence-corrected chi connectivity index (χ1v) is 13.8. The van der Waals surface area contributed by atoms with Crippen molar-refractivity contribution in [2.45, 2.75) is 19.3 Å². The van der Waals surface area contributed by atoms with Crippen LogP contribution < -0.4 is 0 Å². The van der Waals surface area contributed by atoms with Crippen LogP contribution in [-0.2, 0) is 5.41 Å². The van der Waals surface area contributed by atoms with Crippen LogP contribution in [0.2, 0.25) is 0 Å². The summed E-state index contributed by atoms with van der Waals surface area (Å²) in [6.45, 7) is 4.56. The summed E-state index contributed by atoms with van der Waals surface area (Å²) in [5.74, 6) is 0. The van der Waals surface area contributed by atoms with E-state index in [1.54, 1.807) is 0 Å². The predicted octanol–water partition coefficient (Wildman–Crippen LogP) is 9.84. The van der Waals surface area contributed by atoms with E-state index in [-0.39, 0.29) is 5.41 Å². The van der Waals surface area contributed by atoms with E-state index in [9.17, 15) is 0 Å². The van der Waals surface area contributed by atoms with Crippen molar-refractivity contribution in [1.82, 2.24) is 9.55 Å². The highest BCUT2D eigenvalue weighted by Crippen LogP contribution is 2.38. The molecule has 0 fully saturated rings. The highest BCUT2D eigenvalue weighted by molar-refractivity contribution is 6.11. The summed E-state index contributed by atoms with van der Waals surface area (Å²) in [4.78, 5) is 4.83. The van der Waals surface area contributed by atoms with Crippen molar-refractivity contribution in [3.63, 3.8) is 0 Å². The summed E-state index contributed by atoms with van der Waals surface area (Å²) in [6.07, 6.45) is 1.94. The van der Waals surface area contributed by atoms with E-state index < -0.39 is 0 Å². The van der Waals surface area contributed by atoms with Gasteiger partial charge in [-0.25, -0.2) is 0 Å². The SMILES string of the molecule is CC(C)(c1ccccc1)c1ccnc(-c2ccc3c(c2)c2cc(-c4ccccc4)ccc2n3-c2ccccc2)c1. The molecule has 0 saturated heterocycles. The molecule has 0 unspecified atom stereocenters. The minimum absolute atomic E-state index is 0.128. The zero-order valence-corrected chi connectivity index (χ0v) is 22.8. The van der Waals surface area contributed by atoms with E-state index in [2.05, 4.69) is 158 Å². The molecule has 0 saturated carbocycles. The van der Waals surface area contributed by atoms with E-state index >= 15 is 0 Å². The Bertz CT molecular complexity index is 1950. The van der Waals surface area contributed by atoms with Gasteiger partial charge in [-0.2, -0.15) is 0 Å². The third-order valence-electron chi connectivity index (χ3n) is 8.16. The number of hydrogen-bond donors (Lipinski definition) is 0. The van der Waals surface area contributed by atoms with Crippen LogP contribution in [0.5, 0.6) is 0 Å². The molecule has 0 atom stereocenters. The summed E-state index contributed by atoms with van der Waals surface area (Å²) in [5, 5.41) is 2.46. The maximum Gasteiger partial charge on any atom is 0.0705 e. The average Bonchev–Trinajstić information content (AvgIpc) is 3.35. The first kappa shape index (κ1) is 24.1. The molecule has 0 aliphatic heterocycles. The minimum atomic E-state index is -0.128. The average molecular weight is 515 g/mol. The van der Waals surface area contributed by atoms with Crippen LogP contribution in [0.1, 0.15) is 25.0 Å². The zero-order valence-electron chi connectivity index (χ0n) is 22.8. The Morgan fingerprint density at radius 2 is 1.07 bits per heavy atom. The highest BCUT2D eigenvalue weighted by Gasteiger charge is 2.23. The first-order chi connectivity index (χ1) is 19.6. The Kier molecular flexibility index (Phi) is 5.82. The maximum atomic E-state index is 4.83. The highest BCUT2D eigenvalue weighted by atomic mass is 15.0. The number of rotatable bonds is 5. The topological polar surface area (TPSA) is 17.8 Å². The molecular formula is C38H30N2. The molecule has 40 heavy (non-hydrogen) atoms. The fourth-order valence-corrected chi connectivity index (χ4v) is 5.85. The molecule has 192 valence electrons. The Balaban J connectivity index is 1.42. The third-order valence-corrected chi connectivity index (χ3v) is 8.16. The van der Waals surface area contributed by atoms with Crippen molar-refractivity contribution < 1.29 is 0 Å². The molecule has 0 bridgehead atoms. The Morgan fingerprint density at radius 3 is 1.75 bits per heavy atom. The molecule has 7 rings (SSSR count). The van der Waals surface area contributed by atoms with Crippen LogP contribution in [0.4, 0.5) is 0 Å². The number of aromatic nitrogens is 2. The van der Waals surface area contributed by atoms with Gasteiger partial charge in [-0.1, -0.05) is 105 Å². The normalized spacial score (nSPS) is 11.8. The lowest BCUT2D eigenvalue weighted by Crippen LogP contribution is -2.18. The van der Waals surface area contributed by atoms with Crippen molar-refractivity contribution in [3.05, 3.63) is 157 Å². The monoisotopic (exact) mass is 514 g/mol. The van der Waals surface area contributed by atoms with Gasteiger partial charge in [-0.05, 0) is 70.8 Å². The lowest BCUT2D eigenvalue weighted by molar-refractivity contribution is 0.640. The number of pyridine rings is 1. The van der Waals surface area contributed by atoms with E-state index in [4.69, 9.17) is 4.98 Å². The smallest absolute Gasteiger partial charge is 0.0705 e. The quantitative estimate of drug-likeness (QED) is 0.223. The summed E-state index contributed by atoms with van der Waals surface area (Å²) in [6, 6.07) is 49.9. The summed E-state index contributed by atoms with van der Waals surface area (Å²) < 4.78 is 2.37. The third kappa shape index (κ3) is 4.10. The van der Waals surface area contributed by atoms with Crippen LogP contribution in [0.15, 0.2) is 146 Å². The van der Waals surface area contributed by atoms with Crippen molar-refractivity contribution in [2.24, 2.45) is 0 Å². The van der Waals surface area contributed by atoms with Crippen molar-refractivity contribution >= 4 is 21.8 Å². The van der Waals surface area contributed by atoms with Crippen LogP contribution in [0.3, 0.4) is 0 Å². The summed E-state index contributed by atoms with van der Waals surface area (Å²) >= 11 is 0. The van der Waals surface area contributed by atoms with Gasteiger partial charge < -0.3 is 4.57 Å². The largest absolute Gasteiger partial charge is 0.309 e. The summed E-state index contributed by atoms with van der Waals surface area (Å²) in [5.41, 5.74) is 10.5. The lowest BCUT2D eigenvalue weighted by Gasteiger charge is -2.26. The number of fused-ring (bicyclic) bond motifs is 3. The van der Waals surface area contributed by atoms with Crippen molar-refractivity contribution in [3.8, 4) is 28.1 Å². The molecule has 7 aromatic rings. The molecule has 5 aromatic carbocycles. The fraction of sp³-hybridized carbons (Fsp3) is 0.0789. The number of nitrogens with zero attached hydrogens (tertiary/aromatic N) is 2. The summed E-state index contributed by atoms with van der Waals surface area (Å²) in [7, 11) is 0. The van der Waals surface area contributed by atoms with E-state index in [1.165, 1.54) is 44.1 Å². The number of para-hydroxylation sites is 1. The van der Waals surface area contributed by atoms with Gasteiger partial charge >= 0.3 is 0 Å². The number of hydrogen-bond acceptors (Lipinski definition) is 1. The minimum Gasteiger partial charge on any atom is -0.309 e. The molecule has 0 amide bonds. The fourth-order valence-electron chi connectivity index (χ4n) is 5.85. The zero-order chi connectivity index (χ0) is 27.1.